The van der Waals surface area contributed by atoms with E-state index in [4.69, 9.17) is 9.47 Å². The van der Waals surface area contributed by atoms with Crippen molar-refractivity contribution >= 4 is 32.7 Å². The number of aromatic nitrogens is 2. The molecule has 3 rings (SSSR count). The Hall–Kier alpha value is -2.97. The van der Waals surface area contributed by atoms with Crippen LogP contribution in [0.25, 0.3) is 21.3 Å². The Kier molecular flexibility index (Phi) is 6.35. The molecular weight excluding hydrogens is 364 g/mol. The molecule has 0 spiro atoms. The molecule has 0 aliphatic heterocycles. The van der Waals surface area contributed by atoms with Crippen molar-refractivity contribution in [3.63, 3.8) is 0 Å². The second kappa shape index (κ2) is 9.11. The Balaban J connectivity index is 1.93. The van der Waals surface area contributed by atoms with Crippen LogP contribution in [0.4, 0.5) is 9.93 Å². The molecule has 7 nitrogen and oxygen atoms in total. The van der Waals surface area contributed by atoms with E-state index < -0.39 is 0 Å². The molecule has 0 saturated carbocycles. The summed E-state index contributed by atoms with van der Waals surface area (Å²) in [5.74, 6) is 0.721. The van der Waals surface area contributed by atoms with Gasteiger partial charge < -0.3 is 14.8 Å². The highest BCUT2D eigenvalue weighted by molar-refractivity contribution is 7.22. The summed E-state index contributed by atoms with van der Waals surface area (Å²) in [4.78, 5) is 20.5. The Labute approximate surface area is 161 Å². The Morgan fingerprint density at radius 1 is 1.37 bits per heavy atom. The maximum Gasteiger partial charge on any atom is 0.321 e. The van der Waals surface area contributed by atoms with Gasteiger partial charge in [0, 0.05) is 43.2 Å². The first-order chi connectivity index (χ1) is 13.2. The van der Waals surface area contributed by atoms with Gasteiger partial charge in [0.1, 0.15) is 12.4 Å². The summed E-state index contributed by atoms with van der Waals surface area (Å²) in [5, 5.41) is 5.91. The van der Waals surface area contributed by atoms with Crippen LogP contribution < -0.4 is 15.4 Å². The van der Waals surface area contributed by atoms with Gasteiger partial charge in [-0.3, -0.25) is 10.3 Å². The van der Waals surface area contributed by atoms with E-state index in [1.54, 1.807) is 25.6 Å². The average molecular weight is 384 g/mol. The van der Waals surface area contributed by atoms with Gasteiger partial charge in [-0.2, -0.15) is 0 Å². The van der Waals surface area contributed by atoms with Crippen LogP contribution in [-0.4, -0.2) is 42.9 Å². The number of fused-ring (bicyclic) bond motifs is 1. The Bertz CT molecular complexity index is 927. The first-order valence-electron chi connectivity index (χ1n) is 8.33. The van der Waals surface area contributed by atoms with Gasteiger partial charge in [0.25, 0.3) is 0 Å². The van der Waals surface area contributed by atoms with Crippen LogP contribution in [-0.2, 0) is 4.74 Å². The minimum atomic E-state index is -0.321. The first-order valence-corrected chi connectivity index (χ1v) is 9.15. The Morgan fingerprint density at radius 3 is 3.00 bits per heavy atom. The lowest BCUT2D eigenvalue weighted by molar-refractivity contribution is 0.146. The highest BCUT2D eigenvalue weighted by Gasteiger charge is 2.14. The van der Waals surface area contributed by atoms with Crippen LogP contribution in [0.3, 0.4) is 0 Å². The Morgan fingerprint density at radius 2 is 2.26 bits per heavy atom. The van der Waals surface area contributed by atoms with Crippen LogP contribution in [0.15, 0.2) is 49.3 Å². The SMILES string of the molecule is C=CCNC(=O)Nc1nc2cc(-c3cccnc3)c(OCCOC)cc2s1. The maximum absolute atomic E-state index is 11.8. The zero-order valence-electron chi connectivity index (χ0n) is 14.9. The fourth-order valence-electron chi connectivity index (χ4n) is 2.42. The smallest absolute Gasteiger partial charge is 0.321 e. The lowest BCUT2D eigenvalue weighted by Crippen LogP contribution is -2.28. The molecule has 0 aliphatic rings. The van der Waals surface area contributed by atoms with Crippen molar-refractivity contribution in [1.29, 1.82) is 0 Å². The van der Waals surface area contributed by atoms with Crippen molar-refractivity contribution in [3.05, 3.63) is 49.3 Å². The third-order valence-corrected chi connectivity index (χ3v) is 4.57. The minimum Gasteiger partial charge on any atom is -0.490 e. The highest BCUT2D eigenvalue weighted by Crippen LogP contribution is 2.37. The number of carbonyl (C=O) groups excluding carboxylic acids is 1. The van der Waals surface area contributed by atoms with E-state index in [2.05, 4.69) is 27.2 Å². The molecule has 0 bridgehead atoms. The average Bonchev–Trinajstić information content (AvgIpc) is 3.07. The lowest BCUT2D eigenvalue weighted by Gasteiger charge is -2.11. The summed E-state index contributed by atoms with van der Waals surface area (Å²) in [6.07, 6.45) is 5.11. The maximum atomic E-state index is 11.8. The molecular formula is C19H20N4O3S. The van der Waals surface area contributed by atoms with E-state index in [1.807, 2.05) is 24.3 Å². The fraction of sp³-hybridized carbons (Fsp3) is 0.211. The molecule has 0 saturated heterocycles. The van der Waals surface area contributed by atoms with Gasteiger partial charge in [0.2, 0.25) is 0 Å². The summed E-state index contributed by atoms with van der Waals surface area (Å²) in [6, 6.07) is 7.38. The van der Waals surface area contributed by atoms with Gasteiger partial charge in [-0.1, -0.05) is 23.5 Å². The summed E-state index contributed by atoms with van der Waals surface area (Å²) < 4.78 is 11.9. The molecule has 27 heavy (non-hydrogen) atoms. The topological polar surface area (TPSA) is 85.4 Å². The zero-order valence-corrected chi connectivity index (χ0v) is 15.7. The van der Waals surface area contributed by atoms with Crippen LogP contribution >= 0.6 is 11.3 Å². The van der Waals surface area contributed by atoms with E-state index >= 15 is 0 Å². The number of nitrogens with one attached hydrogen (secondary N) is 2. The number of amides is 2. The van der Waals surface area contributed by atoms with Crippen molar-refractivity contribution < 1.29 is 14.3 Å². The van der Waals surface area contributed by atoms with Gasteiger partial charge in [-0.05, 0) is 12.1 Å². The van der Waals surface area contributed by atoms with Gasteiger partial charge in [0.05, 0.1) is 16.8 Å². The molecule has 8 heteroatoms. The molecule has 2 N–H and O–H groups in total. The monoisotopic (exact) mass is 384 g/mol. The second-order valence-corrected chi connectivity index (χ2v) is 6.57. The van der Waals surface area contributed by atoms with Gasteiger partial charge in [0.15, 0.2) is 5.13 Å². The molecule has 140 valence electrons. The van der Waals surface area contributed by atoms with Crippen molar-refractivity contribution in [2.24, 2.45) is 0 Å². The fourth-order valence-corrected chi connectivity index (χ4v) is 3.29. The quantitative estimate of drug-likeness (QED) is 0.457. The molecule has 0 fully saturated rings. The van der Waals surface area contributed by atoms with Crippen LogP contribution in [0.1, 0.15) is 0 Å². The first kappa shape index (κ1) is 18.8. The number of benzene rings is 1. The summed E-state index contributed by atoms with van der Waals surface area (Å²) in [5.41, 5.74) is 2.59. The molecule has 3 aromatic rings. The number of hydrogen-bond donors (Lipinski definition) is 2. The standard InChI is InChI=1S/C19H20N4O3S/c1-3-6-21-18(24)23-19-22-15-10-14(13-5-4-7-20-12-13)16(11-17(15)27-19)26-9-8-25-2/h3-5,7,10-12H,1,6,8-9H2,2H3,(H2,21,22,23,24). The van der Waals surface area contributed by atoms with Crippen LogP contribution in [0.5, 0.6) is 5.75 Å². The number of rotatable bonds is 8. The number of anilines is 1. The summed E-state index contributed by atoms with van der Waals surface area (Å²) >= 11 is 1.38. The number of methoxy groups -OCH3 is 1. The lowest BCUT2D eigenvalue weighted by atomic mass is 10.1. The number of urea groups is 1. The molecule has 2 aromatic heterocycles. The highest BCUT2D eigenvalue weighted by atomic mass is 32.1. The summed E-state index contributed by atoms with van der Waals surface area (Å²) in [7, 11) is 1.63. The van der Waals surface area contributed by atoms with Crippen molar-refractivity contribution in [1.82, 2.24) is 15.3 Å². The number of thiazole rings is 1. The number of carbonyl (C=O) groups is 1. The number of hydrogen-bond acceptors (Lipinski definition) is 6. The van der Waals surface area contributed by atoms with Crippen LogP contribution in [0, 0.1) is 0 Å². The van der Waals surface area contributed by atoms with Gasteiger partial charge >= 0.3 is 6.03 Å². The van der Waals surface area contributed by atoms with Gasteiger partial charge in [-0.25, -0.2) is 9.78 Å². The van der Waals surface area contributed by atoms with E-state index in [1.165, 1.54) is 11.3 Å². The van der Waals surface area contributed by atoms with Crippen LogP contribution in [0.2, 0.25) is 0 Å². The normalized spacial score (nSPS) is 10.6. The molecule has 0 radical (unpaired) electrons. The number of nitrogens with zero attached hydrogens (tertiary/aromatic N) is 2. The molecule has 0 aliphatic carbocycles. The van der Waals surface area contributed by atoms with Gasteiger partial charge in [-0.15, -0.1) is 6.58 Å². The van der Waals surface area contributed by atoms with E-state index in [9.17, 15) is 4.79 Å². The molecule has 2 amide bonds. The number of pyridine rings is 1. The molecule has 0 unspecified atom stereocenters. The van der Waals surface area contributed by atoms with E-state index in [0.717, 1.165) is 27.1 Å². The minimum absolute atomic E-state index is 0.321. The van der Waals surface area contributed by atoms with E-state index in [0.29, 0.717) is 24.9 Å². The van der Waals surface area contributed by atoms with E-state index in [-0.39, 0.29) is 6.03 Å². The van der Waals surface area contributed by atoms with Crippen molar-refractivity contribution in [2.75, 3.05) is 32.2 Å². The number of ether oxygens (including phenoxy) is 2. The molecule has 2 heterocycles. The summed E-state index contributed by atoms with van der Waals surface area (Å²) in [6.45, 7) is 4.88. The molecule has 1 aromatic carbocycles. The third-order valence-electron chi connectivity index (χ3n) is 3.63. The van der Waals surface area contributed by atoms with Crippen molar-refractivity contribution in [3.8, 4) is 16.9 Å². The zero-order chi connectivity index (χ0) is 19.1. The predicted molar refractivity (Wildman–Crippen MR) is 107 cm³/mol. The third kappa shape index (κ3) is 4.81. The molecule has 0 atom stereocenters. The second-order valence-electron chi connectivity index (χ2n) is 5.54. The predicted octanol–water partition coefficient (Wildman–Crippen LogP) is 3.69. The van der Waals surface area contributed by atoms with Crippen molar-refractivity contribution in [2.45, 2.75) is 0 Å². The largest absolute Gasteiger partial charge is 0.490 e.